The highest BCUT2D eigenvalue weighted by atomic mass is 16.5. The standard InChI is InChI=1S/C18H26N2O2/c1-13-16(12-15-6-4-3-5-7-15)8-10-20(13)18(21)17-14(2)22-11-9-19-17/h3-7,13-14,16-17,19H,8-12H2,1-2H3/t13?,14-,16?,17+/m1/s1. The van der Waals surface area contributed by atoms with Crippen LogP contribution in [-0.4, -0.2) is 48.7 Å². The number of rotatable bonds is 3. The lowest BCUT2D eigenvalue weighted by atomic mass is 9.93. The summed E-state index contributed by atoms with van der Waals surface area (Å²) in [5.74, 6) is 0.751. The summed E-state index contributed by atoms with van der Waals surface area (Å²) in [4.78, 5) is 14.9. The van der Waals surface area contributed by atoms with E-state index in [1.165, 1.54) is 5.56 Å². The lowest BCUT2D eigenvalue weighted by molar-refractivity contribution is -0.140. The van der Waals surface area contributed by atoms with Crippen molar-refractivity contribution in [1.29, 1.82) is 0 Å². The number of nitrogens with zero attached hydrogens (tertiary/aromatic N) is 1. The zero-order chi connectivity index (χ0) is 15.5. The number of morpholine rings is 1. The van der Waals surface area contributed by atoms with Crippen molar-refractivity contribution in [3.8, 4) is 0 Å². The van der Waals surface area contributed by atoms with Gasteiger partial charge in [0, 0.05) is 19.1 Å². The molecular weight excluding hydrogens is 276 g/mol. The fourth-order valence-electron chi connectivity index (χ4n) is 3.69. The normalized spacial score (nSPS) is 32.2. The number of nitrogens with one attached hydrogen (secondary N) is 1. The Morgan fingerprint density at radius 3 is 2.82 bits per heavy atom. The number of carbonyl (C=O) groups excluding carboxylic acids is 1. The third kappa shape index (κ3) is 3.18. The third-order valence-electron chi connectivity index (χ3n) is 5.12. The summed E-state index contributed by atoms with van der Waals surface area (Å²) in [6.07, 6.45) is 2.10. The zero-order valence-corrected chi connectivity index (χ0v) is 13.5. The molecule has 0 saturated carbocycles. The number of likely N-dealkylation sites (tertiary alicyclic amines) is 1. The summed E-state index contributed by atoms with van der Waals surface area (Å²) in [6.45, 7) is 6.49. The van der Waals surface area contributed by atoms with Crippen LogP contribution in [0.1, 0.15) is 25.8 Å². The van der Waals surface area contributed by atoms with Gasteiger partial charge in [-0.05, 0) is 38.2 Å². The molecule has 1 aromatic rings. The van der Waals surface area contributed by atoms with E-state index in [0.717, 1.165) is 25.9 Å². The molecule has 1 aromatic carbocycles. The Bertz CT molecular complexity index is 505. The summed E-state index contributed by atoms with van der Waals surface area (Å²) in [5, 5.41) is 3.31. The summed E-state index contributed by atoms with van der Waals surface area (Å²) >= 11 is 0. The van der Waals surface area contributed by atoms with Gasteiger partial charge in [-0.2, -0.15) is 0 Å². The Morgan fingerprint density at radius 2 is 2.09 bits per heavy atom. The Balaban J connectivity index is 1.63. The van der Waals surface area contributed by atoms with Crippen LogP contribution in [0.2, 0.25) is 0 Å². The molecule has 4 nitrogen and oxygen atoms in total. The van der Waals surface area contributed by atoms with E-state index >= 15 is 0 Å². The Morgan fingerprint density at radius 1 is 1.32 bits per heavy atom. The molecule has 0 radical (unpaired) electrons. The van der Waals surface area contributed by atoms with Crippen molar-refractivity contribution in [2.75, 3.05) is 19.7 Å². The van der Waals surface area contributed by atoms with Crippen LogP contribution in [-0.2, 0) is 16.0 Å². The van der Waals surface area contributed by atoms with Crippen LogP contribution in [0.25, 0.3) is 0 Å². The molecule has 120 valence electrons. The van der Waals surface area contributed by atoms with Crippen LogP contribution in [0.5, 0.6) is 0 Å². The van der Waals surface area contributed by atoms with Crippen molar-refractivity contribution in [2.24, 2.45) is 5.92 Å². The van der Waals surface area contributed by atoms with E-state index < -0.39 is 0 Å². The van der Waals surface area contributed by atoms with Crippen LogP contribution in [0.15, 0.2) is 30.3 Å². The third-order valence-corrected chi connectivity index (χ3v) is 5.12. The number of carbonyl (C=O) groups is 1. The molecule has 2 saturated heterocycles. The van der Waals surface area contributed by atoms with Crippen LogP contribution in [0.3, 0.4) is 0 Å². The van der Waals surface area contributed by atoms with E-state index in [9.17, 15) is 4.79 Å². The van der Waals surface area contributed by atoms with Gasteiger partial charge in [0.15, 0.2) is 0 Å². The van der Waals surface area contributed by atoms with Gasteiger partial charge in [0.2, 0.25) is 5.91 Å². The van der Waals surface area contributed by atoms with Gasteiger partial charge in [0.25, 0.3) is 0 Å². The van der Waals surface area contributed by atoms with E-state index in [4.69, 9.17) is 4.74 Å². The highest BCUT2D eigenvalue weighted by Crippen LogP contribution is 2.28. The highest BCUT2D eigenvalue weighted by molar-refractivity contribution is 5.83. The van der Waals surface area contributed by atoms with Gasteiger partial charge >= 0.3 is 0 Å². The van der Waals surface area contributed by atoms with Crippen LogP contribution in [0, 0.1) is 5.92 Å². The molecule has 0 spiro atoms. The first-order valence-electron chi connectivity index (χ1n) is 8.36. The van der Waals surface area contributed by atoms with Gasteiger partial charge < -0.3 is 15.0 Å². The number of amides is 1. The second-order valence-electron chi connectivity index (χ2n) is 6.52. The maximum absolute atomic E-state index is 12.8. The molecule has 2 aliphatic heterocycles. The number of benzene rings is 1. The minimum Gasteiger partial charge on any atom is -0.375 e. The fraction of sp³-hybridized carbons (Fsp3) is 0.611. The van der Waals surface area contributed by atoms with E-state index in [1.54, 1.807) is 0 Å². The van der Waals surface area contributed by atoms with Crippen molar-refractivity contribution >= 4 is 5.91 Å². The maximum Gasteiger partial charge on any atom is 0.242 e. The molecule has 22 heavy (non-hydrogen) atoms. The molecule has 2 aliphatic rings. The molecule has 1 N–H and O–H groups in total. The maximum atomic E-state index is 12.8. The first kappa shape index (κ1) is 15.5. The minimum atomic E-state index is -0.188. The van der Waals surface area contributed by atoms with Crippen molar-refractivity contribution in [1.82, 2.24) is 10.2 Å². The van der Waals surface area contributed by atoms with Crippen LogP contribution >= 0.6 is 0 Å². The predicted octanol–water partition coefficient (Wildman–Crippen LogP) is 1.84. The van der Waals surface area contributed by atoms with E-state index in [1.807, 2.05) is 13.0 Å². The Kier molecular flexibility index (Phi) is 4.79. The molecule has 2 unspecified atom stereocenters. The van der Waals surface area contributed by atoms with Gasteiger partial charge in [0.1, 0.15) is 6.04 Å². The molecule has 0 aromatic heterocycles. The minimum absolute atomic E-state index is 0.0402. The molecule has 4 atom stereocenters. The number of hydrogen-bond donors (Lipinski definition) is 1. The summed E-state index contributed by atoms with van der Waals surface area (Å²) < 4.78 is 5.62. The molecule has 0 aliphatic carbocycles. The quantitative estimate of drug-likeness (QED) is 0.926. The lowest BCUT2D eigenvalue weighted by Crippen LogP contribution is -2.57. The average molecular weight is 302 g/mol. The average Bonchev–Trinajstić information content (AvgIpc) is 2.89. The molecule has 2 heterocycles. The zero-order valence-electron chi connectivity index (χ0n) is 13.5. The molecule has 2 fully saturated rings. The van der Waals surface area contributed by atoms with Crippen molar-refractivity contribution in [2.45, 2.75) is 44.9 Å². The smallest absolute Gasteiger partial charge is 0.242 e. The predicted molar refractivity (Wildman–Crippen MR) is 86.6 cm³/mol. The number of ether oxygens (including phenoxy) is 1. The molecule has 1 amide bonds. The van der Waals surface area contributed by atoms with Gasteiger partial charge in [-0.25, -0.2) is 0 Å². The Labute approximate surface area is 132 Å². The summed E-state index contributed by atoms with van der Waals surface area (Å²) in [6, 6.07) is 10.7. The SMILES string of the molecule is CC1C(Cc2ccccc2)CCN1C(=O)[C@H]1NCCO[C@@H]1C. The van der Waals surface area contributed by atoms with Gasteiger partial charge in [-0.3, -0.25) is 4.79 Å². The van der Waals surface area contributed by atoms with Gasteiger partial charge in [-0.1, -0.05) is 30.3 Å². The molecular formula is C18H26N2O2. The van der Waals surface area contributed by atoms with Gasteiger partial charge in [0.05, 0.1) is 12.7 Å². The topological polar surface area (TPSA) is 41.6 Å². The lowest BCUT2D eigenvalue weighted by Gasteiger charge is -2.34. The monoisotopic (exact) mass is 302 g/mol. The van der Waals surface area contributed by atoms with Crippen molar-refractivity contribution in [3.05, 3.63) is 35.9 Å². The van der Waals surface area contributed by atoms with Gasteiger partial charge in [-0.15, -0.1) is 0 Å². The second kappa shape index (κ2) is 6.80. The fourth-order valence-corrected chi connectivity index (χ4v) is 3.69. The van der Waals surface area contributed by atoms with Crippen molar-refractivity contribution in [3.63, 3.8) is 0 Å². The largest absolute Gasteiger partial charge is 0.375 e. The number of hydrogen-bond acceptors (Lipinski definition) is 3. The highest BCUT2D eigenvalue weighted by Gasteiger charge is 2.39. The van der Waals surface area contributed by atoms with Crippen LogP contribution in [0.4, 0.5) is 0 Å². The molecule has 3 rings (SSSR count). The molecule has 0 bridgehead atoms. The second-order valence-corrected chi connectivity index (χ2v) is 6.52. The Hall–Kier alpha value is -1.39. The van der Waals surface area contributed by atoms with Crippen LogP contribution < -0.4 is 5.32 Å². The summed E-state index contributed by atoms with van der Waals surface area (Å²) in [5.41, 5.74) is 1.36. The first-order valence-corrected chi connectivity index (χ1v) is 8.36. The van der Waals surface area contributed by atoms with Crippen molar-refractivity contribution < 1.29 is 9.53 Å². The van der Waals surface area contributed by atoms with E-state index in [2.05, 4.69) is 41.4 Å². The van der Waals surface area contributed by atoms with E-state index in [0.29, 0.717) is 18.6 Å². The first-order chi connectivity index (χ1) is 10.7. The molecule has 4 heteroatoms. The van der Waals surface area contributed by atoms with E-state index in [-0.39, 0.29) is 18.1 Å². The summed E-state index contributed by atoms with van der Waals surface area (Å²) in [7, 11) is 0.